The summed E-state index contributed by atoms with van der Waals surface area (Å²) in [5.41, 5.74) is 7.90. The Hall–Kier alpha value is -1.46. The number of rotatable bonds is 3. The molecule has 0 radical (unpaired) electrons. The molecule has 110 valence electrons. The van der Waals surface area contributed by atoms with E-state index in [1.54, 1.807) is 4.90 Å². The molecule has 1 aliphatic heterocycles. The van der Waals surface area contributed by atoms with Gasteiger partial charge in [-0.3, -0.25) is 0 Å². The van der Waals surface area contributed by atoms with Crippen LogP contribution in [0.2, 0.25) is 5.02 Å². The van der Waals surface area contributed by atoms with E-state index in [1.807, 2.05) is 25.1 Å². The van der Waals surface area contributed by atoms with Gasteiger partial charge in [-0.1, -0.05) is 11.6 Å². The molecule has 0 saturated carbocycles. The van der Waals surface area contributed by atoms with Gasteiger partial charge in [0.2, 0.25) is 0 Å². The Kier molecular flexibility index (Phi) is 5.09. The van der Waals surface area contributed by atoms with Gasteiger partial charge < -0.3 is 20.3 Å². The summed E-state index contributed by atoms with van der Waals surface area (Å²) in [5.74, 6) is 0. The summed E-state index contributed by atoms with van der Waals surface area (Å²) in [4.78, 5) is 15.6. The van der Waals surface area contributed by atoms with Crippen molar-refractivity contribution >= 4 is 23.4 Å². The van der Waals surface area contributed by atoms with Gasteiger partial charge in [-0.15, -0.1) is 0 Å². The summed E-state index contributed by atoms with van der Waals surface area (Å²) in [7, 11) is 0. The third-order valence-electron chi connectivity index (χ3n) is 3.41. The largest absolute Gasteiger partial charge is 0.450 e. The Morgan fingerprint density at radius 1 is 1.35 bits per heavy atom. The lowest BCUT2D eigenvalue weighted by atomic mass is 10.1. The Morgan fingerprint density at radius 3 is 2.65 bits per heavy atom. The van der Waals surface area contributed by atoms with E-state index >= 15 is 0 Å². The van der Waals surface area contributed by atoms with Gasteiger partial charge in [0.1, 0.15) is 0 Å². The average molecular weight is 298 g/mol. The topological polar surface area (TPSA) is 58.8 Å². The molecular weight excluding hydrogens is 278 g/mol. The number of piperazine rings is 1. The van der Waals surface area contributed by atoms with E-state index in [2.05, 4.69) is 4.90 Å². The van der Waals surface area contributed by atoms with Crippen LogP contribution >= 0.6 is 11.6 Å². The second-order valence-electron chi connectivity index (χ2n) is 4.65. The molecule has 0 spiro atoms. The second-order valence-corrected chi connectivity index (χ2v) is 5.09. The van der Waals surface area contributed by atoms with Gasteiger partial charge in [0.25, 0.3) is 0 Å². The van der Waals surface area contributed by atoms with E-state index in [-0.39, 0.29) is 6.09 Å². The number of amides is 1. The summed E-state index contributed by atoms with van der Waals surface area (Å²) < 4.78 is 5.01. The van der Waals surface area contributed by atoms with Crippen LogP contribution in [0.4, 0.5) is 10.5 Å². The van der Waals surface area contributed by atoms with Crippen LogP contribution in [-0.2, 0) is 11.3 Å². The lowest BCUT2D eigenvalue weighted by molar-refractivity contribution is 0.105. The third kappa shape index (κ3) is 3.35. The minimum Gasteiger partial charge on any atom is -0.450 e. The average Bonchev–Trinajstić information content (AvgIpc) is 2.47. The number of carbonyl (C=O) groups excluding carboxylic acids is 1. The Labute approximate surface area is 124 Å². The van der Waals surface area contributed by atoms with Gasteiger partial charge in [-0.2, -0.15) is 0 Å². The highest BCUT2D eigenvalue weighted by Gasteiger charge is 2.23. The van der Waals surface area contributed by atoms with Crippen molar-refractivity contribution in [2.24, 2.45) is 5.73 Å². The number of nitrogens with zero attached hydrogens (tertiary/aromatic N) is 2. The molecule has 1 aliphatic rings. The first-order chi connectivity index (χ1) is 9.65. The van der Waals surface area contributed by atoms with E-state index in [1.165, 1.54) is 0 Å². The zero-order valence-corrected chi connectivity index (χ0v) is 12.4. The maximum absolute atomic E-state index is 11.7. The van der Waals surface area contributed by atoms with Crippen LogP contribution in [0.25, 0.3) is 0 Å². The minimum absolute atomic E-state index is 0.234. The van der Waals surface area contributed by atoms with Crippen LogP contribution in [0.15, 0.2) is 18.2 Å². The highest BCUT2D eigenvalue weighted by molar-refractivity contribution is 6.30. The minimum atomic E-state index is -0.234. The van der Waals surface area contributed by atoms with E-state index in [0.29, 0.717) is 31.3 Å². The van der Waals surface area contributed by atoms with Crippen LogP contribution in [-0.4, -0.2) is 43.8 Å². The van der Waals surface area contributed by atoms with Crippen molar-refractivity contribution in [2.75, 3.05) is 37.7 Å². The van der Waals surface area contributed by atoms with Crippen molar-refractivity contribution < 1.29 is 9.53 Å². The number of benzene rings is 1. The predicted molar refractivity (Wildman–Crippen MR) is 80.2 cm³/mol. The number of ether oxygens (including phenoxy) is 1. The molecule has 1 heterocycles. The van der Waals surface area contributed by atoms with Crippen molar-refractivity contribution in [1.29, 1.82) is 0 Å². The second kappa shape index (κ2) is 6.81. The van der Waals surface area contributed by atoms with Gasteiger partial charge in [-0.25, -0.2) is 4.79 Å². The van der Waals surface area contributed by atoms with Crippen LogP contribution < -0.4 is 10.6 Å². The van der Waals surface area contributed by atoms with Gasteiger partial charge in [0.15, 0.2) is 0 Å². The number of nitrogens with two attached hydrogens (primary N) is 1. The molecule has 2 N–H and O–H groups in total. The molecule has 1 saturated heterocycles. The fourth-order valence-corrected chi connectivity index (χ4v) is 2.57. The number of carbonyl (C=O) groups is 1. The SMILES string of the molecule is CCOC(=O)N1CCN(c2ccc(Cl)cc2CN)CC1. The highest BCUT2D eigenvalue weighted by atomic mass is 35.5. The monoisotopic (exact) mass is 297 g/mol. The summed E-state index contributed by atoms with van der Waals surface area (Å²) in [6.45, 7) is 5.54. The maximum Gasteiger partial charge on any atom is 0.409 e. The van der Waals surface area contributed by atoms with E-state index in [4.69, 9.17) is 22.1 Å². The number of anilines is 1. The number of halogens is 1. The molecule has 2 rings (SSSR count). The van der Waals surface area contributed by atoms with Gasteiger partial charge in [0, 0.05) is 43.4 Å². The van der Waals surface area contributed by atoms with Crippen molar-refractivity contribution in [2.45, 2.75) is 13.5 Å². The van der Waals surface area contributed by atoms with E-state index < -0.39 is 0 Å². The molecule has 0 unspecified atom stereocenters. The lowest BCUT2D eigenvalue weighted by Crippen LogP contribution is -2.49. The fraction of sp³-hybridized carbons (Fsp3) is 0.500. The Morgan fingerprint density at radius 2 is 2.05 bits per heavy atom. The predicted octanol–water partition coefficient (Wildman–Crippen LogP) is 2.08. The first-order valence-corrected chi connectivity index (χ1v) is 7.18. The molecule has 5 nitrogen and oxygen atoms in total. The summed E-state index contributed by atoms with van der Waals surface area (Å²) >= 11 is 5.99. The smallest absolute Gasteiger partial charge is 0.409 e. The van der Waals surface area contributed by atoms with Crippen LogP contribution in [0.1, 0.15) is 12.5 Å². The maximum atomic E-state index is 11.7. The normalized spacial score (nSPS) is 15.3. The molecule has 1 aromatic carbocycles. The van der Waals surface area contributed by atoms with E-state index in [0.717, 1.165) is 24.3 Å². The highest BCUT2D eigenvalue weighted by Crippen LogP contribution is 2.25. The number of hydrogen-bond donors (Lipinski definition) is 1. The van der Waals surface area contributed by atoms with Gasteiger partial charge in [0.05, 0.1) is 6.61 Å². The molecule has 6 heteroatoms. The third-order valence-corrected chi connectivity index (χ3v) is 3.64. The molecule has 0 aliphatic carbocycles. The molecule has 20 heavy (non-hydrogen) atoms. The quantitative estimate of drug-likeness (QED) is 0.928. The molecule has 0 atom stereocenters. The molecule has 0 aromatic heterocycles. The molecule has 1 amide bonds. The molecule has 1 aromatic rings. The first kappa shape index (κ1) is 14.9. The summed E-state index contributed by atoms with van der Waals surface area (Å²) in [5, 5.41) is 0.694. The molecule has 0 bridgehead atoms. The lowest BCUT2D eigenvalue weighted by Gasteiger charge is -2.36. The van der Waals surface area contributed by atoms with Crippen LogP contribution in [0.3, 0.4) is 0 Å². The van der Waals surface area contributed by atoms with Crippen molar-refractivity contribution in [1.82, 2.24) is 4.90 Å². The Bertz CT molecular complexity index is 473. The van der Waals surface area contributed by atoms with Crippen molar-refractivity contribution in [3.63, 3.8) is 0 Å². The molecule has 1 fully saturated rings. The standard InChI is InChI=1S/C14H20ClN3O2/c1-2-20-14(19)18-7-5-17(6-8-18)13-4-3-12(15)9-11(13)10-16/h3-4,9H,2,5-8,10,16H2,1H3. The zero-order chi connectivity index (χ0) is 14.5. The van der Waals surface area contributed by atoms with Crippen molar-refractivity contribution in [3.05, 3.63) is 28.8 Å². The fourth-order valence-electron chi connectivity index (χ4n) is 2.37. The van der Waals surface area contributed by atoms with Crippen molar-refractivity contribution in [3.8, 4) is 0 Å². The number of hydrogen-bond acceptors (Lipinski definition) is 4. The van der Waals surface area contributed by atoms with E-state index in [9.17, 15) is 4.79 Å². The van der Waals surface area contributed by atoms with Gasteiger partial charge in [-0.05, 0) is 30.7 Å². The van der Waals surface area contributed by atoms with Gasteiger partial charge >= 0.3 is 6.09 Å². The molecular formula is C14H20ClN3O2. The summed E-state index contributed by atoms with van der Waals surface area (Å²) in [6, 6.07) is 5.76. The Balaban J connectivity index is 2.02. The summed E-state index contributed by atoms with van der Waals surface area (Å²) in [6.07, 6.45) is -0.234. The van der Waals surface area contributed by atoms with Crippen LogP contribution in [0, 0.1) is 0 Å². The zero-order valence-electron chi connectivity index (χ0n) is 11.6. The van der Waals surface area contributed by atoms with Crippen LogP contribution in [0.5, 0.6) is 0 Å². The first-order valence-electron chi connectivity index (χ1n) is 6.80.